The molecule has 4 heteroatoms. The Hall–Kier alpha value is -2.33. The van der Waals surface area contributed by atoms with Crippen LogP contribution in [-0.4, -0.2) is 24.1 Å². The van der Waals surface area contributed by atoms with Crippen molar-refractivity contribution < 1.29 is 19.4 Å². The van der Waals surface area contributed by atoms with Crippen LogP contribution in [0, 0.1) is 0 Å². The van der Waals surface area contributed by atoms with Gasteiger partial charge in [-0.05, 0) is 18.2 Å². The minimum absolute atomic E-state index is 0.386. The van der Waals surface area contributed by atoms with E-state index in [2.05, 4.69) is 0 Å². The van der Waals surface area contributed by atoms with Crippen LogP contribution in [0.25, 0.3) is 0 Å². The molecule has 0 fully saturated rings. The Bertz CT molecular complexity index is 651. The molecule has 1 heterocycles. The number of carbonyl (C=O) groups is 1. The highest BCUT2D eigenvalue weighted by Gasteiger charge is 2.25. The molecule has 0 aliphatic carbocycles. The van der Waals surface area contributed by atoms with Crippen LogP contribution >= 0.6 is 0 Å². The second-order valence-electron chi connectivity index (χ2n) is 4.85. The third kappa shape index (κ3) is 2.76. The summed E-state index contributed by atoms with van der Waals surface area (Å²) in [6, 6.07) is 14.0. The Morgan fingerprint density at radius 2 is 1.52 bits per heavy atom. The van der Waals surface area contributed by atoms with Crippen molar-refractivity contribution in [2.24, 2.45) is 0 Å². The number of ether oxygens (including phenoxy) is 2. The van der Waals surface area contributed by atoms with Crippen LogP contribution in [0.15, 0.2) is 48.5 Å². The SMILES string of the molecule is O=C1c2ccccc2OCCCOc2ccccc2[C@H]1O. The lowest BCUT2D eigenvalue weighted by molar-refractivity contribution is 0.0739. The molecule has 0 saturated heterocycles. The Labute approximate surface area is 122 Å². The molecule has 2 aromatic carbocycles. The van der Waals surface area contributed by atoms with Gasteiger partial charge in [-0.25, -0.2) is 0 Å². The molecule has 1 N–H and O–H groups in total. The second-order valence-corrected chi connectivity index (χ2v) is 4.85. The largest absolute Gasteiger partial charge is 0.493 e. The summed E-state index contributed by atoms with van der Waals surface area (Å²) in [5.74, 6) is 0.655. The first-order valence-electron chi connectivity index (χ1n) is 6.93. The van der Waals surface area contributed by atoms with Gasteiger partial charge in [-0.3, -0.25) is 4.79 Å². The fourth-order valence-electron chi connectivity index (χ4n) is 2.35. The summed E-state index contributed by atoms with van der Waals surface area (Å²) in [6.07, 6.45) is -0.559. The minimum Gasteiger partial charge on any atom is -0.493 e. The molecule has 21 heavy (non-hydrogen) atoms. The first-order chi connectivity index (χ1) is 10.3. The van der Waals surface area contributed by atoms with E-state index < -0.39 is 6.10 Å². The Morgan fingerprint density at radius 3 is 2.33 bits per heavy atom. The molecule has 108 valence electrons. The maximum Gasteiger partial charge on any atom is 0.199 e. The van der Waals surface area contributed by atoms with Gasteiger partial charge in [-0.15, -0.1) is 0 Å². The number of Topliss-reactive ketones (excluding diaryl/α,β-unsaturated/α-hetero) is 1. The van der Waals surface area contributed by atoms with Gasteiger partial charge in [0.05, 0.1) is 18.8 Å². The average Bonchev–Trinajstić information content (AvgIpc) is 2.55. The lowest BCUT2D eigenvalue weighted by atomic mass is 9.98. The summed E-state index contributed by atoms with van der Waals surface area (Å²) < 4.78 is 11.3. The molecular weight excluding hydrogens is 268 g/mol. The zero-order chi connectivity index (χ0) is 14.7. The highest BCUT2D eigenvalue weighted by atomic mass is 16.5. The molecule has 0 bridgehead atoms. The number of carbonyl (C=O) groups excluding carboxylic acids is 1. The average molecular weight is 284 g/mol. The molecule has 0 amide bonds. The quantitative estimate of drug-likeness (QED) is 0.808. The first kappa shape index (κ1) is 13.6. The highest BCUT2D eigenvalue weighted by molar-refractivity contribution is 6.02. The van der Waals surface area contributed by atoms with E-state index in [0.717, 1.165) is 0 Å². The molecule has 0 saturated carbocycles. The molecule has 2 aromatic rings. The standard InChI is InChI=1S/C17H16O4/c18-16-12-6-1-3-8-14(12)20-10-5-11-21-15-9-4-2-7-13(15)17(16)19/h1-4,6-9,16,18H,5,10-11H2/t16-/m1/s1. The van der Waals surface area contributed by atoms with Gasteiger partial charge in [-0.2, -0.15) is 0 Å². The topological polar surface area (TPSA) is 55.8 Å². The zero-order valence-electron chi connectivity index (χ0n) is 11.5. The van der Waals surface area contributed by atoms with Gasteiger partial charge in [0.1, 0.15) is 17.6 Å². The van der Waals surface area contributed by atoms with Crippen molar-refractivity contribution in [1.29, 1.82) is 0 Å². The molecular formula is C17H16O4. The summed E-state index contributed by atoms with van der Waals surface area (Å²) in [6.45, 7) is 0.933. The molecule has 3 rings (SSSR count). The number of fused-ring (bicyclic) bond motifs is 2. The van der Waals surface area contributed by atoms with Gasteiger partial charge >= 0.3 is 0 Å². The summed E-state index contributed by atoms with van der Waals surface area (Å²) in [5, 5.41) is 10.4. The maximum atomic E-state index is 12.5. The minimum atomic E-state index is -1.26. The predicted octanol–water partition coefficient (Wildman–Crippen LogP) is 2.76. The van der Waals surface area contributed by atoms with E-state index in [0.29, 0.717) is 42.3 Å². The molecule has 0 aromatic heterocycles. The van der Waals surface area contributed by atoms with E-state index in [-0.39, 0.29) is 5.78 Å². The van der Waals surface area contributed by atoms with E-state index in [4.69, 9.17) is 9.47 Å². The van der Waals surface area contributed by atoms with Crippen LogP contribution in [0.5, 0.6) is 11.5 Å². The summed E-state index contributed by atoms with van der Waals surface area (Å²) in [7, 11) is 0. The van der Waals surface area contributed by atoms with Gasteiger partial charge in [0.15, 0.2) is 5.78 Å². The fraction of sp³-hybridized carbons (Fsp3) is 0.235. The van der Waals surface area contributed by atoms with Crippen LogP contribution in [0.2, 0.25) is 0 Å². The Morgan fingerprint density at radius 1 is 0.905 bits per heavy atom. The van der Waals surface area contributed by atoms with Crippen molar-refractivity contribution in [2.75, 3.05) is 13.2 Å². The van der Waals surface area contributed by atoms with Crippen molar-refractivity contribution in [3.8, 4) is 11.5 Å². The van der Waals surface area contributed by atoms with Crippen molar-refractivity contribution in [3.63, 3.8) is 0 Å². The van der Waals surface area contributed by atoms with Crippen LogP contribution in [0.1, 0.15) is 28.4 Å². The Kier molecular flexibility index (Phi) is 3.88. The molecule has 0 spiro atoms. The molecule has 1 aliphatic rings. The smallest absolute Gasteiger partial charge is 0.199 e. The van der Waals surface area contributed by atoms with Crippen LogP contribution < -0.4 is 9.47 Å². The number of benzene rings is 2. The Balaban J connectivity index is 2.06. The number of aliphatic hydroxyl groups excluding tert-OH is 1. The van der Waals surface area contributed by atoms with Crippen molar-refractivity contribution in [2.45, 2.75) is 12.5 Å². The number of hydrogen-bond acceptors (Lipinski definition) is 4. The lowest BCUT2D eigenvalue weighted by Crippen LogP contribution is -2.14. The van der Waals surface area contributed by atoms with Gasteiger partial charge < -0.3 is 14.6 Å². The van der Waals surface area contributed by atoms with Gasteiger partial charge in [-0.1, -0.05) is 30.3 Å². The number of aliphatic hydroxyl groups is 1. The van der Waals surface area contributed by atoms with Crippen molar-refractivity contribution in [1.82, 2.24) is 0 Å². The monoisotopic (exact) mass is 284 g/mol. The molecule has 1 atom stereocenters. The normalized spacial score (nSPS) is 18.5. The lowest BCUT2D eigenvalue weighted by Gasteiger charge is -2.15. The van der Waals surface area contributed by atoms with Crippen molar-refractivity contribution >= 4 is 5.78 Å². The summed E-state index contributed by atoms with van der Waals surface area (Å²) in [5.41, 5.74) is 0.876. The summed E-state index contributed by atoms with van der Waals surface area (Å²) >= 11 is 0. The van der Waals surface area contributed by atoms with E-state index in [9.17, 15) is 9.90 Å². The molecule has 1 aliphatic heterocycles. The third-order valence-corrected chi connectivity index (χ3v) is 3.42. The van der Waals surface area contributed by atoms with Gasteiger partial charge in [0, 0.05) is 12.0 Å². The molecule has 0 radical (unpaired) electrons. The van der Waals surface area contributed by atoms with Crippen LogP contribution in [-0.2, 0) is 0 Å². The third-order valence-electron chi connectivity index (χ3n) is 3.42. The van der Waals surface area contributed by atoms with E-state index in [1.54, 1.807) is 36.4 Å². The number of hydrogen-bond donors (Lipinski definition) is 1. The highest BCUT2D eigenvalue weighted by Crippen LogP contribution is 2.31. The zero-order valence-corrected chi connectivity index (χ0v) is 11.5. The fourth-order valence-corrected chi connectivity index (χ4v) is 2.35. The van der Waals surface area contributed by atoms with Crippen LogP contribution in [0.4, 0.5) is 0 Å². The first-order valence-corrected chi connectivity index (χ1v) is 6.93. The maximum absolute atomic E-state index is 12.5. The second kappa shape index (κ2) is 5.97. The molecule has 4 nitrogen and oxygen atoms in total. The number of ketones is 1. The number of para-hydroxylation sites is 2. The summed E-state index contributed by atoms with van der Waals surface area (Å²) in [4.78, 5) is 12.5. The van der Waals surface area contributed by atoms with Gasteiger partial charge in [0.25, 0.3) is 0 Å². The van der Waals surface area contributed by atoms with E-state index >= 15 is 0 Å². The molecule has 0 unspecified atom stereocenters. The van der Waals surface area contributed by atoms with Crippen molar-refractivity contribution in [3.05, 3.63) is 59.7 Å². The van der Waals surface area contributed by atoms with Crippen LogP contribution in [0.3, 0.4) is 0 Å². The predicted molar refractivity (Wildman–Crippen MR) is 77.8 cm³/mol. The van der Waals surface area contributed by atoms with Gasteiger partial charge in [0.2, 0.25) is 0 Å². The number of rotatable bonds is 0. The van der Waals surface area contributed by atoms with E-state index in [1.807, 2.05) is 12.1 Å². The van der Waals surface area contributed by atoms with E-state index in [1.165, 1.54) is 0 Å².